The summed E-state index contributed by atoms with van der Waals surface area (Å²) in [5.74, 6) is -1.15. The van der Waals surface area contributed by atoms with Crippen LogP contribution >= 0.6 is 7.82 Å². The Hall–Kier alpha value is -2.14. The van der Waals surface area contributed by atoms with Crippen molar-refractivity contribution in [3.05, 3.63) is 36.5 Å². The third-order valence-electron chi connectivity index (χ3n) is 9.93. The summed E-state index contributed by atoms with van der Waals surface area (Å²) in [5, 5.41) is 10.2. The lowest BCUT2D eigenvalue weighted by molar-refractivity contribution is -0.870. The molecule has 1 aliphatic carbocycles. The molecule has 0 aromatic carbocycles. The average molecular weight is 813 g/mol. The second-order valence-corrected chi connectivity index (χ2v) is 17.8. The molecular weight excluding hydrogens is 733 g/mol. The van der Waals surface area contributed by atoms with Crippen LogP contribution in [0.25, 0.3) is 0 Å². The molecule has 56 heavy (non-hydrogen) atoms. The maximum absolute atomic E-state index is 12.8. The number of rotatable bonds is 36. The molecular formula is C44H79NO10P+. The number of hydrogen-bond donors (Lipinski definition) is 2. The molecule has 2 N–H and O–H groups in total. The van der Waals surface area contributed by atoms with Gasteiger partial charge in [0, 0.05) is 24.7 Å². The van der Waals surface area contributed by atoms with E-state index >= 15 is 0 Å². The van der Waals surface area contributed by atoms with Crippen molar-refractivity contribution in [1.82, 2.24) is 0 Å². The Bertz CT molecular complexity index is 1200. The molecule has 0 heterocycles. The first kappa shape index (κ1) is 51.9. The monoisotopic (exact) mass is 813 g/mol. The van der Waals surface area contributed by atoms with E-state index in [1.54, 1.807) is 12.2 Å². The molecule has 0 saturated carbocycles. The van der Waals surface area contributed by atoms with Gasteiger partial charge in [0.15, 0.2) is 11.9 Å². The number of ether oxygens (including phenoxy) is 2. The quantitative estimate of drug-likeness (QED) is 0.0206. The van der Waals surface area contributed by atoms with E-state index in [2.05, 4.69) is 13.8 Å². The zero-order valence-corrected chi connectivity index (χ0v) is 36.6. The summed E-state index contributed by atoms with van der Waals surface area (Å²) >= 11 is 0. The van der Waals surface area contributed by atoms with E-state index in [1.165, 1.54) is 57.8 Å². The van der Waals surface area contributed by atoms with E-state index in [1.807, 2.05) is 45.4 Å². The van der Waals surface area contributed by atoms with Gasteiger partial charge in [-0.05, 0) is 38.2 Å². The molecule has 1 aliphatic rings. The van der Waals surface area contributed by atoms with Crippen LogP contribution in [0.1, 0.15) is 155 Å². The van der Waals surface area contributed by atoms with Crippen LogP contribution in [0.5, 0.6) is 0 Å². The molecule has 0 aliphatic heterocycles. The number of carbonyl (C=O) groups is 3. The highest BCUT2D eigenvalue weighted by Gasteiger charge is 2.28. The maximum Gasteiger partial charge on any atom is 0.472 e. The number of allylic oxidation sites excluding steroid dienone is 5. The van der Waals surface area contributed by atoms with Gasteiger partial charge in [0.2, 0.25) is 0 Å². The van der Waals surface area contributed by atoms with Gasteiger partial charge in [0.1, 0.15) is 19.8 Å². The summed E-state index contributed by atoms with van der Waals surface area (Å²) in [5.41, 5.74) is 0. The van der Waals surface area contributed by atoms with Crippen molar-refractivity contribution < 1.29 is 52.0 Å². The van der Waals surface area contributed by atoms with Crippen LogP contribution in [0.15, 0.2) is 36.5 Å². The molecule has 0 aromatic heterocycles. The highest BCUT2D eigenvalue weighted by atomic mass is 31.2. The molecule has 0 fully saturated rings. The van der Waals surface area contributed by atoms with Crippen LogP contribution in [0, 0.1) is 11.8 Å². The normalized spacial score (nSPS) is 18.2. The van der Waals surface area contributed by atoms with Crippen molar-refractivity contribution in [3.63, 3.8) is 0 Å². The number of phosphoric acid groups is 1. The summed E-state index contributed by atoms with van der Waals surface area (Å²) in [7, 11) is 1.35. The average Bonchev–Trinajstić information content (AvgIpc) is 3.49. The van der Waals surface area contributed by atoms with Crippen molar-refractivity contribution >= 4 is 25.5 Å². The van der Waals surface area contributed by atoms with E-state index in [-0.39, 0.29) is 43.7 Å². The predicted octanol–water partition coefficient (Wildman–Crippen LogP) is 9.75. The lowest BCUT2D eigenvalue weighted by Gasteiger charge is -2.24. The van der Waals surface area contributed by atoms with E-state index < -0.39 is 38.6 Å². The number of carbonyl (C=O) groups excluding carboxylic acids is 3. The molecule has 0 spiro atoms. The topological polar surface area (TPSA) is 146 Å². The van der Waals surface area contributed by atoms with Gasteiger partial charge >= 0.3 is 19.8 Å². The van der Waals surface area contributed by atoms with Crippen LogP contribution in [-0.2, 0) is 37.5 Å². The lowest BCUT2D eigenvalue weighted by Crippen LogP contribution is -2.37. The van der Waals surface area contributed by atoms with Gasteiger partial charge in [-0.25, -0.2) is 4.57 Å². The Labute approximate surface area is 339 Å². The molecule has 0 bridgehead atoms. The molecule has 4 unspecified atom stereocenters. The van der Waals surface area contributed by atoms with Gasteiger partial charge in [0.25, 0.3) is 0 Å². The largest absolute Gasteiger partial charge is 0.472 e. The number of aliphatic hydroxyl groups excluding tert-OH is 1. The van der Waals surface area contributed by atoms with E-state index in [4.69, 9.17) is 18.5 Å². The Balaban J connectivity index is 2.49. The first-order valence-electron chi connectivity index (χ1n) is 21.8. The number of ketones is 1. The fourth-order valence-electron chi connectivity index (χ4n) is 6.36. The lowest BCUT2D eigenvalue weighted by atomic mass is 9.90. The first-order valence-corrected chi connectivity index (χ1v) is 23.3. The number of unbranched alkanes of at least 4 members (excludes halogenated alkanes) is 15. The van der Waals surface area contributed by atoms with Crippen LogP contribution in [0.3, 0.4) is 0 Å². The molecule has 11 nitrogen and oxygen atoms in total. The van der Waals surface area contributed by atoms with Crippen LogP contribution in [-0.4, -0.2) is 91.9 Å². The van der Waals surface area contributed by atoms with E-state index in [0.717, 1.165) is 38.5 Å². The summed E-state index contributed by atoms with van der Waals surface area (Å²) in [6.45, 7) is 4.08. The van der Waals surface area contributed by atoms with Gasteiger partial charge in [-0.15, -0.1) is 0 Å². The van der Waals surface area contributed by atoms with Crippen LogP contribution in [0.4, 0.5) is 0 Å². The number of phosphoric ester groups is 1. The molecule has 0 saturated heterocycles. The molecule has 12 heteroatoms. The fraction of sp³-hybridized carbons (Fsp3) is 0.795. The molecule has 0 amide bonds. The minimum atomic E-state index is -4.43. The summed E-state index contributed by atoms with van der Waals surface area (Å²) in [4.78, 5) is 47.9. The maximum atomic E-state index is 12.8. The summed E-state index contributed by atoms with van der Waals surface area (Å²) in [6.07, 6.45) is 31.0. The molecule has 324 valence electrons. The molecule has 1 rings (SSSR count). The van der Waals surface area contributed by atoms with E-state index in [9.17, 15) is 28.9 Å². The van der Waals surface area contributed by atoms with Crippen LogP contribution in [0.2, 0.25) is 0 Å². The number of likely N-dealkylation sites (N-methyl/N-ethyl adjacent to an activating group) is 1. The second kappa shape index (κ2) is 31.8. The van der Waals surface area contributed by atoms with Gasteiger partial charge < -0.3 is 24.0 Å². The zero-order chi connectivity index (χ0) is 41.5. The van der Waals surface area contributed by atoms with Crippen molar-refractivity contribution in [2.45, 2.75) is 167 Å². The summed E-state index contributed by atoms with van der Waals surface area (Å²) < 4.78 is 34.2. The van der Waals surface area contributed by atoms with Gasteiger partial charge in [-0.1, -0.05) is 141 Å². The minimum Gasteiger partial charge on any atom is -0.462 e. The van der Waals surface area contributed by atoms with Crippen molar-refractivity contribution in [1.29, 1.82) is 0 Å². The second-order valence-electron chi connectivity index (χ2n) is 16.4. The number of aliphatic hydroxyl groups is 1. The zero-order valence-electron chi connectivity index (χ0n) is 35.7. The van der Waals surface area contributed by atoms with Gasteiger partial charge in [-0.2, -0.15) is 0 Å². The number of hydrogen-bond acceptors (Lipinski definition) is 9. The minimum absolute atomic E-state index is 0.00557. The summed E-state index contributed by atoms with van der Waals surface area (Å²) in [6, 6.07) is 0. The van der Waals surface area contributed by atoms with Gasteiger partial charge in [0.05, 0.1) is 33.9 Å². The number of quaternary nitrogens is 1. The predicted molar refractivity (Wildman–Crippen MR) is 224 cm³/mol. The number of esters is 2. The van der Waals surface area contributed by atoms with Crippen molar-refractivity contribution in [2.75, 3.05) is 47.5 Å². The van der Waals surface area contributed by atoms with Gasteiger partial charge in [-0.3, -0.25) is 23.4 Å². The molecule has 0 aromatic rings. The fourth-order valence-corrected chi connectivity index (χ4v) is 7.10. The molecule has 0 radical (unpaired) electrons. The van der Waals surface area contributed by atoms with Crippen molar-refractivity contribution in [2.24, 2.45) is 11.8 Å². The van der Waals surface area contributed by atoms with Crippen LogP contribution < -0.4 is 0 Å². The highest BCUT2D eigenvalue weighted by molar-refractivity contribution is 7.47. The molecule has 5 atom stereocenters. The smallest absolute Gasteiger partial charge is 0.462 e. The Morgan fingerprint density at radius 2 is 1.39 bits per heavy atom. The Kier molecular flexibility index (Phi) is 29.5. The SMILES string of the molecule is CCCCCCCCCCCCCCCC(=O)OC[C@H](COP(=O)(O)OCC[N+](C)(C)C)OC(=O)CCC/C=C\CC1C(=O)C=CC1/C=C/C(O)CCCCC. The first-order chi connectivity index (χ1) is 26.8. The standard InChI is InChI=1S/C44H78NO10P/c1-6-8-10-11-12-13-14-15-16-17-18-19-24-28-43(48)52-36-40(37-54-56(50,51)53-35-34-45(3,4)5)55-44(49)29-25-21-20-23-27-41-38(31-33-42(41)47)30-32-39(46)26-22-9-7-2/h20,23,30-33,38-41,46H,6-19,21-22,24-29,34-37H2,1-5H3/p+1/b23-20-,32-30+/t38?,39?,40-,41?/m1/s1. The third-order valence-corrected chi connectivity index (χ3v) is 10.9. The number of nitrogens with zero attached hydrogens (tertiary/aromatic N) is 1. The Morgan fingerprint density at radius 1 is 0.804 bits per heavy atom. The van der Waals surface area contributed by atoms with E-state index in [0.29, 0.717) is 43.1 Å². The highest BCUT2D eigenvalue weighted by Crippen LogP contribution is 2.43. The van der Waals surface area contributed by atoms with Crippen molar-refractivity contribution in [3.8, 4) is 0 Å². The Morgan fingerprint density at radius 3 is 2.02 bits per heavy atom. The third kappa shape index (κ3) is 29.1.